The Hall–Kier alpha value is -0.930. The summed E-state index contributed by atoms with van der Waals surface area (Å²) < 4.78 is 25.3. The van der Waals surface area contributed by atoms with E-state index in [0.717, 1.165) is 0 Å². The molecule has 4 heteroatoms. The quantitative estimate of drug-likeness (QED) is 0.622. The monoisotopic (exact) mass is 146 g/mol. The maximum atomic E-state index is 12.0. The summed E-state index contributed by atoms with van der Waals surface area (Å²) in [4.78, 5) is 0. The molecule has 0 aliphatic rings. The second-order valence-corrected chi connectivity index (χ2v) is 1.87. The Morgan fingerprint density at radius 2 is 2.40 bits per heavy atom. The maximum absolute atomic E-state index is 12.0. The summed E-state index contributed by atoms with van der Waals surface area (Å²) in [5, 5.41) is 3.69. The first kappa shape index (κ1) is 7.18. The molecule has 0 N–H and O–H groups in total. The minimum Gasteiger partial charge on any atom is -0.264 e. The SMILES string of the molecule is CCn1nccc1C(F)F. The minimum absolute atomic E-state index is 0.0116. The fourth-order valence-electron chi connectivity index (χ4n) is 0.792. The highest BCUT2D eigenvalue weighted by molar-refractivity contribution is 5.01. The highest BCUT2D eigenvalue weighted by atomic mass is 19.3. The minimum atomic E-state index is -2.41. The van der Waals surface area contributed by atoms with E-state index in [0.29, 0.717) is 6.54 Å². The molecule has 0 aliphatic heterocycles. The zero-order valence-electron chi connectivity index (χ0n) is 5.59. The predicted octanol–water partition coefficient (Wildman–Crippen LogP) is 1.84. The van der Waals surface area contributed by atoms with Crippen LogP contribution in [0.15, 0.2) is 12.3 Å². The second-order valence-electron chi connectivity index (χ2n) is 1.87. The van der Waals surface area contributed by atoms with Gasteiger partial charge in [0.05, 0.1) is 0 Å². The van der Waals surface area contributed by atoms with Crippen LogP contribution in [0.1, 0.15) is 19.0 Å². The van der Waals surface area contributed by atoms with Crippen LogP contribution in [0.5, 0.6) is 0 Å². The third-order valence-corrected chi connectivity index (χ3v) is 1.27. The zero-order valence-corrected chi connectivity index (χ0v) is 5.59. The van der Waals surface area contributed by atoms with E-state index >= 15 is 0 Å². The van der Waals surface area contributed by atoms with Gasteiger partial charge in [0.2, 0.25) is 0 Å². The van der Waals surface area contributed by atoms with Gasteiger partial charge in [-0.2, -0.15) is 5.10 Å². The summed E-state index contributed by atoms with van der Waals surface area (Å²) in [6.07, 6.45) is -1.03. The van der Waals surface area contributed by atoms with Crippen LogP contribution in [0, 0.1) is 0 Å². The van der Waals surface area contributed by atoms with Crippen LogP contribution in [0.2, 0.25) is 0 Å². The third-order valence-electron chi connectivity index (χ3n) is 1.27. The van der Waals surface area contributed by atoms with E-state index < -0.39 is 6.43 Å². The molecule has 56 valence electrons. The molecule has 0 saturated carbocycles. The third kappa shape index (κ3) is 1.15. The Morgan fingerprint density at radius 1 is 1.70 bits per heavy atom. The topological polar surface area (TPSA) is 17.8 Å². The highest BCUT2D eigenvalue weighted by Gasteiger charge is 2.10. The average molecular weight is 146 g/mol. The number of rotatable bonds is 2. The standard InChI is InChI=1S/C6H8F2N2/c1-2-10-5(6(7)8)3-4-9-10/h3-4,6H,2H2,1H3. The molecule has 0 bridgehead atoms. The smallest absolute Gasteiger partial charge is 0.264 e. The number of hydrogen-bond acceptors (Lipinski definition) is 1. The molecule has 0 atom stereocenters. The Morgan fingerprint density at radius 3 is 2.80 bits per heavy atom. The predicted molar refractivity (Wildman–Crippen MR) is 32.9 cm³/mol. The average Bonchev–Trinajstić information content (AvgIpc) is 2.33. The van der Waals surface area contributed by atoms with Crippen molar-refractivity contribution in [1.82, 2.24) is 9.78 Å². The van der Waals surface area contributed by atoms with E-state index in [1.165, 1.54) is 16.9 Å². The summed E-state index contributed by atoms with van der Waals surface area (Å²) in [6.45, 7) is 2.27. The van der Waals surface area contributed by atoms with Gasteiger partial charge in [-0.05, 0) is 13.0 Å². The van der Waals surface area contributed by atoms with Crippen molar-refractivity contribution < 1.29 is 8.78 Å². The number of aryl methyl sites for hydroxylation is 1. The Kier molecular flexibility index (Phi) is 1.99. The van der Waals surface area contributed by atoms with Gasteiger partial charge in [0, 0.05) is 12.7 Å². The molecule has 0 radical (unpaired) electrons. The first-order chi connectivity index (χ1) is 4.75. The van der Waals surface area contributed by atoms with Crippen molar-refractivity contribution in [3.8, 4) is 0 Å². The molecule has 1 heterocycles. The molecule has 0 saturated heterocycles. The van der Waals surface area contributed by atoms with Gasteiger partial charge in [-0.1, -0.05) is 0 Å². The molecule has 10 heavy (non-hydrogen) atoms. The van der Waals surface area contributed by atoms with Crippen molar-refractivity contribution >= 4 is 0 Å². The molecule has 0 amide bonds. The summed E-state index contributed by atoms with van der Waals surface area (Å²) in [7, 11) is 0. The Labute approximate surface area is 57.5 Å². The van der Waals surface area contributed by atoms with Crippen LogP contribution >= 0.6 is 0 Å². The lowest BCUT2D eigenvalue weighted by Crippen LogP contribution is -2.02. The number of halogens is 2. The molecular weight excluding hydrogens is 138 g/mol. The van der Waals surface area contributed by atoms with Crippen molar-refractivity contribution in [2.45, 2.75) is 19.9 Å². The molecule has 1 aromatic heterocycles. The number of alkyl halides is 2. The van der Waals surface area contributed by atoms with E-state index in [1.807, 2.05) is 0 Å². The number of aromatic nitrogens is 2. The van der Waals surface area contributed by atoms with E-state index in [2.05, 4.69) is 5.10 Å². The van der Waals surface area contributed by atoms with E-state index in [9.17, 15) is 8.78 Å². The molecule has 2 nitrogen and oxygen atoms in total. The van der Waals surface area contributed by atoms with Crippen molar-refractivity contribution in [3.05, 3.63) is 18.0 Å². The summed E-state index contributed by atoms with van der Waals surface area (Å²) >= 11 is 0. The summed E-state index contributed by atoms with van der Waals surface area (Å²) in [6, 6.07) is 1.33. The van der Waals surface area contributed by atoms with Crippen LogP contribution in [-0.4, -0.2) is 9.78 Å². The Bertz CT molecular complexity index is 207. The van der Waals surface area contributed by atoms with Crippen molar-refractivity contribution in [2.24, 2.45) is 0 Å². The van der Waals surface area contributed by atoms with Gasteiger partial charge in [-0.25, -0.2) is 8.78 Å². The molecule has 0 aromatic carbocycles. The van der Waals surface area contributed by atoms with Crippen LogP contribution in [0.3, 0.4) is 0 Å². The van der Waals surface area contributed by atoms with E-state index in [4.69, 9.17) is 0 Å². The van der Waals surface area contributed by atoms with E-state index in [-0.39, 0.29) is 5.69 Å². The summed E-state index contributed by atoms with van der Waals surface area (Å²) in [5.41, 5.74) is -0.0116. The molecule has 0 aliphatic carbocycles. The van der Waals surface area contributed by atoms with Crippen molar-refractivity contribution in [2.75, 3.05) is 0 Å². The first-order valence-corrected chi connectivity index (χ1v) is 3.05. The van der Waals surface area contributed by atoms with Gasteiger partial charge in [-0.3, -0.25) is 4.68 Å². The molecule has 0 spiro atoms. The Balaban J connectivity index is 2.90. The molecule has 1 rings (SSSR count). The van der Waals surface area contributed by atoms with Crippen molar-refractivity contribution in [3.63, 3.8) is 0 Å². The normalized spacial score (nSPS) is 10.8. The van der Waals surface area contributed by atoms with Crippen LogP contribution in [-0.2, 0) is 6.54 Å². The van der Waals surface area contributed by atoms with Gasteiger partial charge in [0.25, 0.3) is 6.43 Å². The molecule has 0 unspecified atom stereocenters. The van der Waals surface area contributed by atoms with Crippen LogP contribution < -0.4 is 0 Å². The van der Waals surface area contributed by atoms with Gasteiger partial charge in [0.1, 0.15) is 5.69 Å². The highest BCUT2D eigenvalue weighted by Crippen LogP contribution is 2.16. The fraction of sp³-hybridized carbons (Fsp3) is 0.500. The maximum Gasteiger partial charge on any atom is 0.280 e. The molecular formula is C6H8F2N2. The van der Waals surface area contributed by atoms with Crippen molar-refractivity contribution in [1.29, 1.82) is 0 Å². The second kappa shape index (κ2) is 2.77. The van der Waals surface area contributed by atoms with Crippen LogP contribution in [0.25, 0.3) is 0 Å². The summed E-state index contributed by atoms with van der Waals surface area (Å²) in [5.74, 6) is 0. The lowest BCUT2D eigenvalue weighted by atomic mass is 10.4. The zero-order chi connectivity index (χ0) is 7.56. The van der Waals surface area contributed by atoms with E-state index in [1.54, 1.807) is 6.92 Å². The van der Waals surface area contributed by atoms with Gasteiger partial charge < -0.3 is 0 Å². The van der Waals surface area contributed by atoms with Gasteiger partial charge >= 0.3 is 0 Å². The largest absolute Gasteiger partial charge is 0.280 e. The lowest BCUT2D eigenvalue weighted by Gasteiger charge is -2.00. The lowest BCUT2D eigenvalue weighted by molar-refractivity contribution is 0.139. The van der Waals surface area contributed by atoms with Gasteiger partial charge in [-0.15, -0.1) is 0 Å². The molecule has 1 aromatic rings. The fourth-order valence-corrected chi connectivity index (χ4v) is 0.792. The first-order valence-electron chi connectivity index (χ1n) is 3.05. The number of nitrogens with zero attached hydrogens (tertiary/aromatic N) is 2. The molecule has 0 fully saturated rings. The van der Waals surface area contributed by atoms with Gasteiger partial charge in [0.15, 0.2) is 0 Å². The number of hydrogen-bond donors (Lipinski definition) is 0. The van der Waals surface area contributed by atoms with Crippen LogP contribution in [0.4, 0.5) is 8.78 Å².